The summed E-state index contributed by atoms with van der Waals surface area (Å²) in [6.07, 6.45) is 0. The number of esters is 1. The summed E-state index contributed by atoms with van der Waals surface area (Å²) in [7, 11) is 5.10. The Morgan fingerprint density at radius 2 is 2.05 bits per heavy atom. The lowest BCUT2D eigenvalue weighted by atomic mass is 10.4. The van der Waals surface area contributed by atoms with Gasteiger partial charge in [-0.15, -0.1) is 0 Å². The van der Waals surface area contributed by atoms with Crippen LogP contribution in [0.4, 0.5) is 11.9 Å². The summed E-state index contributed by atoms with van der Waals surface area (Å²) in [5, 5.41) is 0.514. The number of thioether (sulfide) groups is 1. The van der Waals surface area contributed by atoms with Crippen molar-refractivity contribution in [1.29, 1.82) is 0 Å². The van der Waals surface area contributed by atoms with E-state index >= 15 is 0 Å². The SMILES string of the molecule is COC(=O)CSc1nc(N(C)C)nc(N2CCOCC2)n1. The third-order valence-corrected chi connectivity index (χ3v) is 3.65. The Kier molecular flexibility index (Phi) is 5.57. The molecule has 0 amide bonds. The van der Waals surface area contributed by atoms with Crippen molar-refractivity contribution in [2.75, 3.05) is 63.1 Å². The predicted octanol–water partition coefficient (Wildman–Crippen LogP) is 0.0393. The van der Waals surface area contributed by atoms with Crippen LogP contribution in [0.25, 0.3) is 0 Å². The van der Waals surface area contributed by atoms with Gasteiger partial charge in [0.2, 0.25) is 11.9 Å². The average molecular weight is 313 g/mol. The lowest BCUT2D eigenvalue weighted by molar-refractivity contribution is -0.137. The second-order valence-electron chi connectivity index (χ2n) is 4.58. The summed E-state index contributed by atoms with van der Waals surface area (Å²) in [5.74, 6) is 1.05. The molecule has 0 aliphatic carbocycles. The van der Waals surface area contributed by atoms with Crippen LogP contribution in [-0.4, -0.2) is 74.2 Å². The first-order valence-electron chi connectivity index (χ1n) is 6.56. The van der Waals surface area contributed by atoms with Gasteiger partial charge in [0.15, 0.2) is 5.16 Å². The largest absolute Gasteiger partial charge is 0.468 e. The molecule has 1 aliphatic heterocycles. The molecule has 2 rings (SSSR count). The summed E-state index contributed by atoms with van der Waals surface area (Å²) >= 11 is 1.24. The van der Waals surface area contributed by atoms with Crippen molar-refractivity contribution < 1.29 is 14.3 Å². The number of methoxy groups -OCH3 is 1. The van der Waals surface area contributed by atoms with Gasteiger partial charge in [-0.2, -0.15) is 15.0 Å². The monoisotopic (exact) mass is 313 g/mol. The Hall–Kier alpha value is -1.61. The highest BCUT2D eigenvalue weighted by molar-refractivity contribution is 7.99. The molecule has 1 saturated heterocycles. The number of hydrogen-bond acceptors (Lipinski definition) is 9. The molecule has 0 saturated carbocycles. The van der Waals surface area contributed by atoms with Crippen LogP contribution in [0.2, 0.25) is 0 Å². The van der Waals surface area contributed by atoms with Crippen molar-refractivity contribution in [1.82, 2.24) is 15.0 Å². The predicted molar refractivity (Wildman–Crippen MR) is 79.9 cm³/mol. The number of rotatable bonds is 5. The van der Waals surface area contributed by atoms with Crippen molar-refractivity contribution in [3.8, 4) is 0 Å². The zero-order valence-corrected chi connectivity index (χ0v) is 13.2. The Morgan fingerprint density at radius 3 is 2.67 bits per heavy atom. The van der Waals surface area contributed by atoms with E-state index in [0.29, 0.717) is 30.3 Å². The van der Waals surface area contributed by atoms with Crippen LogP contribution in [0.5, 0.6) is 0 Å². The molecule has 21 heavy (non-hydrogen) atoms. The molecule has 0 unspecified atom stereocenters. The van der Waals surface area contributed by atoms with Crippen LogP contribution in [-0.2, 0) is 14.3 Å². The summed E-state index contributed by atoms with van der Waals surface area (Å²) in [6.45, 7) is 2.82. The molecular weight excluding hydrogens is 294 g/mol. The Morgan fingerprint density at radius 1 is 1.33 bits per heavy atom. The molecule has 1 fully saturated rings. The van der Waals surface area contributed by atoms with E-state index in [9.17, 15) is 4.79 Å². The van der Waals surface area contributed by atoms with Crippen molar-refractivity contribution >= 4 is 29.6 Å². The lowest BCUT2D eigenvalue weighted by Gasteiger charge is -2.27. The molecule has 1 aliphatic rings. The zero-order chi connectivity index (χ0) is 15.2. The van der Waals surface area contributed by atoms with Gasteiger partial charge in [-0.25, -0.2) is 0 Å². The smallest absolute Gasteiger partial charge is 0.316 e. The molecule has 1 aromatic heterocycles. The second-order valence-corrected chi connectivity index (χ2v) is 5.52. The van der Waals surface area contributed by atoms with Crippen molar-refractivity contribution in [3.05, 3.63) is 0 Å². The van der Waals surface area contributed by atoms with Crippen LogP contribution in [0.3, 0.4) is 0 Å². The maximum absolute atomic E-state index is 11.2. The fourth-order valence-electron chi connectivity index (χ4n) is 1.69. The summed E-state index contributed by atoms with van der Waals surface area (Å²) in [6, 6.07) is 0. The third-order valence-electron chi connectivity index (χ3n) is 2.83. The molecule has 0 spiro atoms. The van der Waals surface area contributed by atoms with Crippen molar-refractivity contribution in [3.63, 3.8) is 0 Å². The maximum Gasteiger partial charge on any atom is 0.316 e. The van der Waals surface area contributed by atoms with E-state index in [4.69, 9.17) is 4.74 Å². The topological polar surface area (TPSA) is 80.7 Å². The van der Waals surface area contributed by atoms with Crippen LogP contribution >= 0.6 is 11.8 Å². The quantitative estimate of drug-likeness (QED) is 0.553. The number of carbonyl (C=O) groups excluding carboxylic acids is 1. The first-order valence-corrected chi connectivity index (χ1v) is 7.54. The van der Waals surface area contributed by atoms with Gasteiger partial charge in [0.1, 0.15) is 0 Å². The van der Waals surface area contributed by atoms with Crippen LogP contribution in [0.1, 0.15) is 0 Å². The number of nitrogens with zero attached hydrogens (tertiary/aromatic N) is 5. The molecule has 0 N–H and O–H groups in total. The van der Waals surface area contributed by atoms with Crippen LogP contribution in [0, 0.1) is 0 Å². The van der Waals surface area contributed by atoms with Gasteiger partial charge in [0.25, 0.3) is 0 Å². The first-order chi connectivity index (χ1) is 10.1. The molecule has 0 radical (unpaired) electrons. The summed E-state index contributed by atoms with van der Waals surface area (Å²) < 4.78 is 9.96. The number of morpholine rings is 1. The van der Waals surface area contributed by atoms with Crippen LogP contribution in [0.15, 0.2) is 5.16 Å². The van der Waals surface area contributed by atoms with E-state index < -0.39 is 0 Å². The van der Waals surface area contributed by atoms with E-state index in [1.54, 1.807) is 0 Å². The number of hydrogen-bond donors (Lipinski definition) is 0. The number of anilines is 2. The van der Waals surface area contributed by atoms with Gasteiger partial charge in [-0.1, -0.05) is 11.8 Å². The van der Waals surface area contributed by atoms with Crippen LogP contribution < -0.4 is 9.80 Å². The molecule has 0 atom stereocenters. The average Bonchev–Trinajstić information content (AvgIpc) is 2.53. The van der Waals surface area contributed by atoms with Gasteiger partial charge >= 0.3 is 5.97 Å². The highest BCUT2D eigenvalue weighted by atomic mass is 32.2. The molecule has 0 bridgehead atoms. The van der Waals surface area contributed by atoms with Gasteiger partial charge in [-0.05, 0) is 0 Å². The van der Waals surface area contributed by atoms with E-state index in [1.807, 2.05) is 19.0 Å². The molecule has 1 aromatic rings. The fourth-order valence-corrected chi connectivity index (χ4v) is 2.34. The minimum Gasteiger partial charge on any atom is -0.468 e. The minimum atomic E-state index is -0.306. The van der Waals surface area contributed by atoms with Crippen molar-refractivity contribution in [2.45, 2.75) is 5.16 Å². The molecule has 116 valence electrons. The summed E-state index contributed by atoms with van der Waals surface area (Å²) in [5.41, 5.74) is 0. The Labute approximate surface area is 127 Å². The zero-order valence-electron chi connectivity index (χ0n) is 12.4. The first kappa shape index (κ1) is 15.8. The lowest BCUT2D eigenvalue weighted by Crippen LogP contribution is -2.37. The minimum absolute atomic E-state index is 0.177. The van der Waals surface area contributed by atoms with Crippen molar-refractivity contribution in [2.24, 2.45) is 0 Å². The number of carbonyl (C=O) groups is 1. The second kappa shape index (κ2) is 7.41. The van der Waals surface area contributed by atoms with E-state index in [-0.39, 0.29) is 11.7 Å². The van der Waals surface area contributed by atoms with E-state index in [2.05, 4.69) is 24.6 Å². The number of ether oxygens (including phenoxy) is 2. The van der Waals surface area contributed by atoms with E-state index in [1.165, 1.54) is 18.9 Å². The Balaban J connectivity index is 2.18. The molecular formula is C12H19N5O3S. The Bertz CT molecular complexity index is 494. The molecule has 2 heterocycles. The normalized spacial score (nSPS) is 14.9. The highest BCUT2D eigenvalue weighted by Gasteiger charge is 2.17. The number of aromatic nitrogens is 3. The fraction of sp³-hybridized carbons (Fsp3) is 0.667. The van der Waals surface area contributed by atoms with E-state index in [0.717, 1.165) is 13.1 Å². The maximum atomic E-state index is 11.2. The van der Waals surface area contributed by atoms with Gasteiger partial charge in [-0.3, -0.25) is 4.79 Å². The third kappa shape index (κ3) is 4.43. The highest BCUT2D eigenvalue weighted by Crippen LogP contribution is 2.20. The van der Waals surface area contributed by atoms with Gasteiger partial charge in [0.05, 0.1) is 26.1 Å². The van der Waals surface area contributed by atoms with Gasteiger partial charge in [0, 0.05) is 27.2 Å². The summed E-state index contributed by atoms with van der Waals surface area (Å²) in [4.78, 5) is 28.3. The molecule has 0 aromatic carbocycles. The van der Waals surface area contributed by atoms with Gasteiger partial charge < -0.3 is 19.3 Å². The molecule has 9 heteroatoms. The standard InChI is InChI=1S/C12H19N5O3S/c1-16(2)10-13-11(17-4-6-20-7-5-17)15-12(14-10)21-8-9(18)19-3/h4-8H2,1-3H3. The molecule has 8 nitrogen and oxygen atoms in total.